The van der Waals surface area contributed by atoms with Gasteiger partial charge in [-0.1, -0.05) is 46.7 Å². The molecule has 0 bridgehead atoms. The van der Waals surface area contributed by atoms with E-state index >= 15 is 0 Å². The third-order valence-electron chi connectivity index (χ3n) is 3.24. The zero-order chi connectivity index (χ0) is 11.2. The molecule has 0 fully saturated rings. The van der Waals surface area contributed by atoms with Gasteiger partial charge in [-0.25, -0.2) is 0 Å². The average Bonchev–Trinajstić information content (AvgIpc) is 2.62. The number of fused-ring (bicyclic) bond motifs is 3. The summed E-state index contributed by atoms with van der Waals surface area (Å²) in [5.74, 6) is 0. The van der Waals surface area contributed by atoms with E-state index in [1.165, 1.54) is 20.9 Å². The molecule has 0 saturated carbocycles. The molecule has 82 valence electrons. The molecule has 1 aliphatic heterocycles. The fraction of sp³-hybridized carbons (Fsp3) is 0.143. The lowest BCUT2D eigenvalue weighted by Crippen LogP contribution is -1.97. The summed E-state index contributed by atoms with van der Waals surface area (Å²) in [6.45, 7) is 0. The standard InChI is InChI=1S/C14H14OS/c1-15-16(2)13-9-5-3-7-11(13)12-8-4-6-10-14(12)16/h3-10H,1-2H3. The van der Waals surface area contributed by atoms with E-state index in [0.717, 1.165) is 0 Å². The summed E-state index contributed by atoms with van der Waals surface area (Å²) < 4.78 is 5.83. The first-order valence-electron chi connectivity index (χ1n) is 5.30. The molecule has 0 aromatic heterocycles. The number of benzene rings is 2. The summed E-state index contributed by atoms with van der Waals surface area (Å²) in [7, 11) is 0.553. The third kappa shape index (κ3) is 1.11. The SMILES string of the molecule is COS1(C)c2ccccc2-c2ccccc21. The Kier molecular flexibility index (Phi) is 2.09. The van der Waals surface area contributed by atoms with Crippen LogP contribution in [0.2, 0.25) is 0 Å². The molecule has 0 N–H and O–H groups in total. The van der Waals surface area contributed by atoms with Crippen LogP contribution in [0.25, 0.3) is 11.1 Å². The minimum atomic E-state index is -1.26. The van der Waals surface area contributed by atoms with Crippen molar-refractivity contribution >= 4 is 10.3 Å². The Bertz CT molecular complexity index is 502. The normalized spacial score (nSPS) is 17.6. The van der Waals surface area contributed by atoms with Crippen molar-refractivity contribution in [3.05, 3.63) is 48.5 Å². The summed E-state index contributed by atoms with van der Waals surface area (Å²) in [6.07, 6.45) is 2.22. The largest absolute Gasteiger partial charge is 0.332 e. The predicted molar refractivity (Wildman–Crippen MR) is 68.9 cm³/mol. The Morgan fingerprint density at radius 2 is 1.25 bits per heavy atom. The fourth-order valence-electron chi connectivity index (χ4n) is 2.36. The highest BCUT2D eigenvalue weighted by atomic mass is 32.3. The fourth-order valence-corrected chi connectivity index (χ4v) is 4.82. The molecule has 2 aromatic rings. The van der Waals surface area contributed by atoms with E-state index in [1.54, 1.807) is 0 Å². The lowest BCUT2D eigenvalue weighted by Gasteiger charge is -2.31. The van der Waals surface area contributed by atoms with Crippen molar-refractivity contribution in [1.82, 2.24) is 0 Å². The van der Waals surface area contributed by atoms with Crippen LogP contribution in [0.4, 0.5) is 0 Å². The molecule has 0 spiro atoms. The molecule has 2 aromatic carbocycles. The molecule has 0 aliphatic carbocycles. The molecule has 1 aliphatic rings. The monoisotopic (exact) mass is 230 g/mol. The molecule has 16 heavy (non-hydrogen) atoms. The van der Waals surface area contributed by atoms with Crippen LogP contribution in [0.3, 0.4) is 0 Å². The molecule has 0 saturated heterocycles. The molecular weight excluding hydrogens is 216 g/mol. The lowest BCUT2D eigenvalue weighted by atomic mass is 10.1. The summed E-state index contributed by atoms with van der Waals surface area (Å²) in [6, 6.07) is 17.1. The zero-order valence-electron chi connectivity index (χ0n) is 9.44. The van der Waals surface area contributed by atoms with Gasteiger partial charge < -0.3 is 4.18 Å². The van der Waals surface area contributed by atoms with Crippen LogP contribution in [0.15, 0.2) is 58.3 Å². The topological polar surface area (TPSA) is 9.23 Å². The van der Waals surface area contributed by atoms with Crippen molar-refractivity contribution in [2.24, 2.45) is 0 Å². The van der Waals surface area contributed by atoms with Gasteiger partial charge in [-0.3, -0.25) is 0 Å². The maximum atomic E-state index is 5.83. The number of hydrogen-bond donors (Lipinski definition) is 0. The van der Waals surface area contributed by atoms with Crippen LogP contribution in [0, 0.1) is 0 Å². The van der Waals surface area contributed by atoms with Gasteiger partial charge >= 0.3 is 0 Å². The number of hydrogen-bond acceptors (Lipinski definition) is 1. The van der Waals surface area contributed by atoms with Crippen molar-refractivity contribution in [3.8, 4) is 11.1 Å². The smallest absolute Gasteiger partial charge is 0.0490 e. The highest BCUT2D eigenvalue weighted by Gasteiger charge is 2.34. The highest BCUT2D eigenvalue weighted by Crippen LogP contribution is 2.69. The Morgan fingerprint density at radius 1 is 0.812 bits per heavy atom. The molecule has 1 heterocycles. The lowest BCUT2D eigenvalue weighted by molar-refractivity contribution is 0.468. The quantitative estimate of drug-likeness (QED) is 0.717. The third-order valence-corrected chi connectivity index (χ3v) is 6.29. The maximum Gasteiger partial charge on any atom is 0.0490 e. The molecule has 1 nitrogen and oxygen atoms in total. The second-order valence-electron chi connectivity index (χ2n) is 4.00. The Morgan fingerprint density at radius 3 is 1.69 bits per heavy atom. The van der Waals surface area contributed by atoms with Gasteiger partial charge in [-0.15, -0.1) is 0 Å². The molecule has 2 heteroatoms. The van der Waals surface area contributed by atoms with E-state index in [9.17, 15) is 0 Å². The van der Waals surface area contributed by atoms with Crippen molar-refractivity contribution in [2.75, 3.05) is 13.4 Å². The first-order chi connectivity index (χ1) is 7.77. The molecular formula is C14H14OS. The Labute approximate surface area is 97.6 Å². The summed E-state index contributed by atoms with van der Waals surface area (Å²) in [5.41, 5.74) is 2.66. The minimum absolute atomic E-state index is 1.26. The highest BCUT2D eigenvalue weighted by molar-refractivity contribution is 8.29. The van der Waals surface area contributed by atoms with Crippen LogP contribution in [0.1, 0.15) is 0 Å². The summed E-state index contributed by atoms with van der Waals surface area (Å²) in [4.78, 5) is 2.69. The van der Waals surface area contributed by atoms with E-state index in [4.69, 9.17) is 4.18 Å². The molecule has 0 amide bonds. The van der Waals surface area contributed by atoms with E-state index in [-0.39, 0.29) is 0 Å². The summed E-state index contributed by atoms with van der Waals surface area (Å²) in [5, 5.41) is 0. The van der Waals surface area contributed by atoms with Gasteiger partial charge in [0, 0.05) is 16.9 Å². The van der Waals surface area contributed by atoms with Crippen molar-refractivity contribution < 1.29 is 4.18 Å². The molecule has 0 unspecified atom stereocenters. The van der Waals surface area contributed by atoms with Crippen LogP contribution in [0.5, 0.6) is 0 Å². The average molecular weight is 230 g/mol. The van der Waals surface area contributed by atoms with E-state index < -0.39 is 10.3 Å². The van der Waals surface area contributed by atoms with Crippen LogP contribution < -0.4 is 0 Å². The van der Waals surface area contributed by atoms with Gasteiger partial charge in [0.15, 0.2) is 0 Å². The van der Waals surface area contributed by atoms with Gasteiger partial charge in [0.2, 0.25) is 0 Å². The van der Waals surface area contributed by atoms with Crippen LogP contribution in [-0.2, 0) is 4.18 Å². The van der Waals surface area contributed by atoms with E-state index in [0.29, 0.717) is 0 Å². The van der Waals surface area contributed by atoms with Crippen molar-refractivity contribution in [2.45, 2.75) is 9.79 Å². The Hall–Kier alpha value is -1.25. The van der Waals surface area contributed by atoms with E-state index in [1.807, 2.05) is 7.11 Å². The van der Waals surface area contributed by atoms with Crippen molar-refractivity contribution in [3.63, 3.8) is 0 Å². The zero-order valence-corrected chi connectivity index (χ0v) is 10.3. The van der Waals surface area contributed by atoms with Gasteiger partial charge in [0.05, 0.1) is 0 Å². The first-order valence-corrected chi connectivity index (χ1v) is 7.26. The molecule has 0 atom stereocenters. The van der Waals surface area contributed by atoms with Crippen molar-refractivity contribution in [1.29, 1.82) is 0 Å². The van der Waals surface area contributed by atoms with Crippen LogP contribution >= 0.6 is 10.3 Å². The Balaban J connectivity index is 2.39. The molecule has 0 radical (unpaired) electrons. The maximum absolute atomic E-state index is 5.83. The van der Waals surface area contributed by atoms with Crippen LogP contribution in [-0.4, -0.2) is 13.4 Å². The first kappa shape index (κ1) is 9.94. The van der Waals surface area contributed by atoms with Gasteiger partial charge in [-0.2, -0.15) is 0 Å². The summed E-state index contributed by atoms with van der Waals surface area (Å²) >= 11 is 0. The van der Waals surface area contributed by atoms with Gasteiger partial charge in [-0.05, 0) is 29.5 Å². The second-order valence-corrected chi connectivity index (χ2v) is 6.90. The number of rotatable bonds is 1. The minimum Gasteiger partial charge on any atom is -0.332 e. The molecule has 3 rings (SSSR count). The van der Waals surface area contributed by atoms with Gasteiger partial charge in [0.25, 0.3) is 0 Å². The predicted octanol–water partition coefficient (Wildman–Crippen LogP) is 4.08. The second kappa shape index (κ2) is 3.37. The van der Waals surface area contributed by atoms with Gasteiger partial charge in [0.1, 0.15) is 0 Å². The van der Waals surface area contributed by atoms with E-state index in [2.05, 4.69) is 54.8 Å².